The number of nitrogens with zero attached hydrogens (tertiary/aromatic N) is 2. The van der Waals surface area contributed by atoms with Crippen molar-refractivity contribution in [3.05, 3.63) is 52.8 Å². The Bertz CT molecular complexity index is 704. The minimum Gasteiger partial charge on any atom is -0.476 e. The first-order valence-electron chi connectivity index (χ1n) is 7.02. The van der Waals surface area contributed by atoms with Crippen molar-refractivity contribution in [3.63, 3.8) is 0 Å². The molecule has 1 aliphatic rings. The molecule has 0 saturated carbocycles. The Morgan fingerprint density at radius 3 is 2.67 bits per heavy atom. The second kappa shape index (κ2) is 5.16. The van der Waals surface area contributed by atoms with Gasteiger partial charge in [-0.1, -0.05) is 30.3 Å². The maximum absolute atomic E-state index is 12.1. The molecular weight excluding hydrogens is 268 g/mol. The van der Waals surface area contributed by atoms with Crippen LogP contribution in [-0.2, 0) is 6.42 Å². The predicted octanol–water partition coefficient (Wildman–Crippen LogP) is 2.71. The van der Waals surface area contributed by atoms with Crippen LogP contribution in [0, 0.1) is 0 Å². The number of fused-ring (bicyclic) bond motifs is 1. The number of Topliss-reactive ketones (excluding diaryl/α,β-unsaturated/α-hetero) is 1. The summed E-state index contributed by atoms with van der Waals surface area (Å²) in [7, 11) is 0. The molecule has 1 atom stereocenters. The summed E-state index contributed by atoms with van der Waals surface area (Å²) in [4.78, 5) is 23.4. The van der Waals surface area contributed by atoms with Gasteiger partial charge >= 0.3 is 5.97 Å². The monoisotopic (exact) mass is 284 g/mol. The summed E-state index contributed by atoms with van der Waals surface area (Å²) >= 11 is 0. The first-order valence-corrected chi connectivity index (χ1v) is 7.02. The van der Waals surface area contributed by atoms with Crippen LogP contribution in [0.5, 0.6) is 0 Å². The lowest BCUT2D eigenvalue weighted by molar-refractivity contribution is 0.0684. The minimum absolute atomic E-state index is 0.0982. The quantitative estimate of drug-likeness (QED) is 0.940. The number of hydrogen-bond donors (Lipinski definition) is 1. The topological polar surface area (TPSA) is 72.2 Å². The fourth-order valence-electron chi connectivity index (χ4n) is 2.89. The van der Waals surface area contributed by atoms with Crippen LogP contribution in [0.3, 0.4) is 0 Å². The number of carboxylic acids is 1. The van der Waals surface area contributed by atoms with E-state index in [0.29, 0.717) is 18.4 Å². The first-order chi connectivity index (χ1) is 10.1. The van der Waals surface area contributed by atoms with Gasteiger partial charge in [0.15, 0.2) is 11.5 Å². The smallest absolute Gasteiger partial charge is 0.357 e. The highest BCUT2D eigenvalue weighted by Gasteiger charge is 2.31. The molecule has 0 aliphatic heterocycles. The van der Waals surface area contributed by atoms with Crippen molar-refractivity contribution in [3.8, 4) is 0 Å². The average molecular weight is 284 g/mol. The second-order valence-corrected chi connectivity index (χ2v) is 5.28. The molecule has 21 heavy (non-hydrogen) atoms. The van der Waals surface area contributed by atoms with Gasteiger partial charge in [-0.05, 0) is 25.3 Å². The Kier molecular flexibility index (Phi) is 3.33. The fourth-order valence-corrected chi connectivity index (χ4v) is 2.89. The zero-order valence-corrected chi connectivity index (χ0v) is 11.7. The molecule has 0 saturated heterocycles. The number of benzene rings is 1. The van der Waals surface area contributed by atoms with E-state index in [4.69, 9.17) is 0 Å². The van der Waals surface area contributed by atoms with Crippen molar-refractivity contribution in [1.82, 2.24) is 9.78 Å². The van der Waals surface area contributed by atoms with Crippen LogP contribution >= 0.6 is 0 Å². The van der Waals surface area contributed by atoms with Crippen molar-refractivity contribution in [1.29, 1.82) is 0 Å². The van der Waals surface area contributed by atoms with Gasteiger partial charge in [-0.2, -0.15) is 5.10 Å². The van der Waals surface area contributed by atoms with Crippen molar-refractivity contribution >= 4 is 11.8 Å². The summed E-state index contributed by atoms with van der Waals surface area (Å²) in [6.45, 7) is 1.97. The Hall–Kier alpha value is -2.43. The van der Waals surface area contributed by atoms with E-state index in [2.05, 4.69) is 5.10 Å². The van der Waals surface area contributed by atoms with E-state index >= 15 is 0 Å². The third-order valence-electron chi connectivity index (χ3n) is 3.96. The fraction of sp³-hybridized carbons (Fsp3) is 0.312. The Balaban J connectivity index is 2.13. The van der Waals surface area contributed by atoms with E-state index in [0.717, 1.165) is 17.7 Å². The van der Waals surface area contributed by atoms with E-state index < -0.39 is 5.97 Å². The van der Waals surface area contributed by atoms with E-state index in [-0.39, 0.29) is 17.5 Å². The number of carbonyl (C=O) groups is 2. The number of ketones is 1. The van der Waals surface area contributed by atoms with Gasteiger partial charge in [-0.15, -0.1) is 0 Å². The van der Waals surface area contributed by atoms with Crippen LogP contribution in [0.2, 0.25) is 0 Å². The average Bonchev–Trinajstić information content (AvgIpc) is 2.88. The molecule has 1 aromatic heterocycles. The molecule has 0 fully saturated rings. The number of rotatable bonds is 3. The zero-order valence-electron chi connectivity index (χ0n) is 11.7. The molecule has 1 aliphatic carbocycles. The van der Waals surface area contributed by atoms with Gasteiger partial charge in [0.25, 0.3) is 0 Å². The number of aromatic nitrogens is 2. The molecule has 1 aromatic carbocycles. The second-order valence-electron chi connectivity index (χ2n) is 5.28. The highest BCUT2D eigenvalue weighted by Crippen LogP contribution is 2.29. The van der Waals surface area contributed by atoms with Gasteiger partial charge in [-0.3, -0.25) is 9.48 Å². The lowest BCUT2D eigenvalue weighted by Crippen LogP contribution is -2.17. The summed E-state index contributed by atoms with van der Waals surface area (Å²) in [5.41, 5.74) is 1.98. The normalized spacial score (nSPS) is 15.6. The SMILES string of the molecule is CC(c1ccccc1)n1nc(C(=O)O)c2c1CCCC2=O. The van der Waals surface area contributed by atoms with Crippen molar-refractivity contribution in [2.45, 2.75) is 32.2 Å². The lowest BCUT2D eigenvalue weighted by atomic mass is 9.94. The van der Waals surface area contributed by atoms with E-state index in [1.165, 1.54) is 0 Å². The number of hydrogen-bond acceptors (Lipinski definition) is 3. The Morgan fingerprint density at radius 2 is 2.00 bits per heavy atom. The molecule has 0 radical (unpaired) electrons. The molecule has 0 spiro atoms. The predicted molar refractivity (Wildman–Crippen MR) is 76.7 cm³/mol. The van der Waals surface area contributed by atoms with E-state index in [1.54, 1.807) is 4.68 Å². The molecule has 0 amide bonds. The first kappa shape index (κ1) is 13.5. The largest absolute Gasteiger partial charge is 0.476 e. The van der Waals surface area contributed by atoms with Gasteiger partial charge in [-0.25, -0.2) is 4.79 Å². The minimum atomic E-state index is -1.14. The molecule has 2 aromatic rings. The summed E-state index contributed by atoms with van der Waals surface area (Å²) < 4.78 is 1.70. The van der Waals surface area contributed by atoms with Gasteiger partial charge < -0.3 is 5.11 Å². The Labute approximate surface area is 122 Å². The van der Waals surface area contributed by atoms with Gasteiger partial charge in [0, 0.05) is 6.42 Å². The van der Waals surface area contributed by atoms with Crippen LogP contribution in [0.4, 0.5) is 0 Å². The summed E-state index contributed by atoms with van der Waals surface area (Å²) in [6.07, 6.45) is 1.84. The van der Waals surface area contributed by atoms with Crippen LogP contribution in [0.15, 0.2) is 30.3 Å². The maximum atomic E-state index is 12.1. The van der Waals surface area contributed by atoms with E-state index in [9.17, 15) is 14.7 Å². The van der Waals surface area contributed by atoms with E-state index in [1.807, 2.05) is 37.3 Å². The van der Waals surface area contributed by atoms with Crippen LogP contribution in [0.25, 0.3) is 0 Å². The summed E-state index contributed by atoms with van der Waals surface area (Å²) in [6, 6.07) is 9.66. The third-order valence-corrected chi connectivity index (χ3v) is 3.96. The third kappa shape index (κ3) is 2.24. The van der Waals surface area contributed by atoms with Crippen molar-refractivity contribution in [2.75, 3.05) is 0 Å². The molecule has 108 valence electrons. The maximum Gasteiger partial charge on any atom is 0.357 e. The highest BCUT2D eigenvalue weighted by molar-refractivity contribution is 6.06. The van der Waals surface area contributed by atoms with Gasteiger partial charge in [0.2, 0.25) is 0 Å². The zero-order chi connectivity index (χ0) is 15.0. The molecular formula is C16H16N2O3. The molecule has 1 unspecified atom stereocenters. The van der Waals surface area contributed by atoms with Crippen LogP contribution < -0.4 is 0 Å². The molecule has 1 N–H and O–H groups in total. The molecule has 5 heteroatoms. The number of carbonyl (C=O) groups excluding carboxylic acids is 1. The summed E-state index contributed by atoms with van der Waals surface area (Å²) in [5, 5.41) is 13.5. The standard InChI is InChI=1S/C16H16N2O3/c1-10(11-6-3-2-4-7-11)18-12-8-5-9-13(19)14(12)15(17-18)16(20)21/h2-4,6-7,10H,5,8-9H2,1H3,(H,20,21). The molecule has 3 rings (SSSR count). The molecule has 0 bridgehead atoms. The lowest BCUT2D eigenvalue weighted by Gasteiger charge is -2.18. The highest BCUT2D eigenvalue weighted by atomic mass is 16.4. The van der Waals surface area contributed by atoms with Crippen molar-refractivity contribution in [2.24, 2.45) is 0 Å². The molecule has 1 heterocycles. The number of carboxylic acid groups (broad SMARTS) is 1. The summed E-state index contributed by atoms with van der Waals surface area (Å²) in [5.74, 6) is -1.25. The van der Waals surface area contributed by atoms with Crippen molar-refractivity contribution < 1.29 is 14.7 Å². The van der Waals surface area contributed by atoms with Gasteiger partial charge in [0.1, 0.15) is 0 Å². The van der Waals surface area contributed by atoms with Gasteiger partial charge in [0.05, 0.1) is 17.3 Å². The number of aromatic carboxylic acids is 1. The molecule has 5 nitrogen and oxygen atoms in total. The van der Waals surface area contributed by atoms with Crippen LogP contribution in [0.1, 0.15) is 57.9 Å². The Morgan fingerprint density at radius 1 is 1.29 bits per heavy atom. The van der Waals surface area contributed by atoms with Crippen LogP contribution in [-0.4, -0.2) is 26.6 Å².